The molecule has 0 aliphatic rings. The minimum absolute atomic E-state index is 0.114. The van der Waals surface area contributed by atoms with Gasteiger partial charge in [0, 0.05) is 22.6 Å². The van der Waals surface area contributed by atoms with Gasteiger partial charge in [0.15, 0.2) is 5.03 Å². The fraction of sp³-hybridized carbons (Fsp3) is 0.150. The first-order valence-electron chi connectivity index (χ1n) is 8.25. The molecule has 1 heterocycles. The van der Waals surface area contributed by atoms with Gasteiger partial charge in [-0.1, -0.05) is 45.4 Å². The summed E-state index contributed by atoms with van der Waals surface area (Å²) in [5.41, 5.74) is 2.93. The summed E-state index contributed by atoms with van der Waals surface area (Å²) in [5.74, 6) is 1.16. The molecule has 0 aliphatic heterocycles. The van der Waals surface area contributed by atoms with E-state index in [9.17, 15) is 4.79 Å². The minimum Gasteiger partial charge on any atom is -0.437 e. The van der Waals surface area contributed by atoms with Crippen molar-refractivity contribution >= 4 is 39.3 Å². The Morgan fingerprint density at radius 1 is 1.11 bits per heavy atom. The molecular formula is C20H18BrN3O2S. The molecule has 1 aromatic heterocycles. The zero-order chi connectivity index (χ0) is 19.2. The Hall–Kier alpha value is -2.38. The van der Waals surface area contributed by atoms with Crippen LogP contribution in [-0.2, 0) is 4.79 Å². The molecule has 0 bridgehead atoms. The molecular weight excluding hydrogens is 426 g/mol. The average Bonchev–Trinajstić information content (AvgIpc) is 2.65. The number of carbonyl (C=O) groups is 1. The number of carbonyl (C=O) groups excluding carboxylic acids is 1. The summed E-state index contributed by atoms with van der Waals surface area (Å²) in [4.78, 5) is 20.8. The molecule has 5 nitrogen and oxygen atoms in total. The summed E-state index contributed by atoms with van der Waals surface area (Å²) in [6.07, 6.45) is 3.15. The topological polar surface area (TPSA) is 64.1 Å². The number of nitrogens with one attached hydrogen (secondary N) is 1. The number of aryl methyl sites for hydroxylation is 2. The standard InChI is InChI=1S/C20H18BrN3O2S/c1-13-3-6-16(7-4-13)26-19-20(23-10-9-22-19)27-12-18(25)24-17-8-5-15(21)11-14(17)2/h3-11H,12H2,1-2H3,(H,24,25). The predicted octanol–water partition coefficient (Wildman–Crippen LogP) is 5.38. The van der Waals surface area contributed by atoms with E-state index in [0.29, 0.717) is 16.7 Å². The van der Waals surface area contributed by atoms with Crippen LogP contribution >= 0.6 is 27.7 Å². The van der Waals surface area contributed by atoms with E-state index in [1.165, 1.54) is 11.8 Å². The first-order chi connectivity index (χ1) is 13.0. The fourth-order valence-electron chi connectivity index (χ4n) is 2.29. The lowest BCUT2D eigenvalue weighted by Crippen LogP contribution is -2.15. The van der Waals surface area contributed by atoms with Crippen molar-refractivity contribution < 1.29 is 9.53 Å². The molecule has 0 unspecified atom stereocenters. The van der Waals surface area contributed by atoms with Crippen molar-refractivity contribution in [1.82, 2.24) is 9.97 Å². The van der Waals surface area contributed by atoms with Crippen LogP contribution in [0.2, 0.25) is 0 Å². The van der Waals surface area contributed by atoms with Gasteiger partial charge in [0.25, 0.3) is 5.88 Å². The van der Waals surface area contributed by atoms with E-state index in [2.05, 4.69) is 31.2 Å². The molecule has 2 aromatic carbocycles. The molecule has 0 spiro atoms. The van der Waals surface area contributed by atoms with E-state index in [4.69, 9.17) is 4.74 Å². The van der Waals surface area contributed by atoms with Crippen molar-refractivity contribution in [3.63, 3.8) is 0 Å². The SMILES string of the molecule is Cc1ccc(Oc2nccnc2SCC(=O)Nc2ccc(Br)cc2C)cc1. The van der Waals surface area contributed by atoms with Crippen LogP contribution in [0.1, 0.15) is 11.1 Å². The highest BCUT2D eigenvalue weighted by Gasteiger charge is 2.12. The van der Waals surface area contributed by atoms with Crippen LogP contribution in [0.5, 0.6) is 11.6 Å². The maximum atomic E-state index is 12.3. The Balaban J connectivity index is 1.63. The van der Waals surface area contributed by atoms with E-state index >= 15 is 0 Å². The second kappa shape index (κ2) is 9.01. The van der Waals surface area contributed by atoms with Gasteiger partial charge in [-0.05, 0) is 49.7 Å². The lowest BCUT2D eigenvalue weighted by molar-refractivity contribution is -0.113. The Kier molecular flexibility index (Phi) is 6.47. The highest BCUT2D eigenvalue weighted by molar-refractivity contribution is 9.10. The van der Waals surface area contributed by atoms with E-state index in [0.717, 1.165) is 21.3 Å². The number of anilines is 1. The summed E-state index contributed by atoms with van der Waals surface area (Å²) in [7, 11) is 0. The third-order valence-electron chi connectivity index (χ3n) is 3.67. The Morgan fingerprint density at radius 2 is 1.85 bits per heavy atom. The van der Waals surface area contributed by atoms with Gasteiger partial charge in [-0.25, -0.2) is 9.97 Å². The number of rotatable bonds is 6. The van der Waals surface area contributed by atoms with Crippen LogP contribution in [0.25, 0.3) is 0 Å². The summed E-state index contributed by atoms with van der Waals surface area (Å²) >= 11 is 4.70. The number of ether oxygens (including phenoxy) is 1. The third-order valence-corrected chi connectivity index (χ3v) is 5.12. The van der Waals surface area contributed by atoms with Gasteiger partial charge in [0.05, 0.1) is 5.75 Å². The van der Waals surface area contributed by atoms with Gasteiger partial charge in [0.1, 0.15) is 5.75 Å². The van der Waals surface area contributed by atoms with Crippen molar-refractivity contribution in [3.8, 4) is 11.6 Å². The van der Waals surface area contributed by atoms with E-state index < -0.39 is 0 Å². The van der Waals surface area contributed by atoms with Gasteiger partial charge < -0.3 is 10.1 Å². The zero-order valence-corrected chi connectivity index (χ0v) is 17.3. The Bertz CT molecular complexity index is 948. The van der Waals surface area contributed by atoms with Crippen LogP contribution in [0.3, 0.4) is 0 Å². The smallest absolute Gasteiger partial charge is 0.252 e. The molecule has 1 amide bonds. The van der Waals surface area contributed by atoms with Gasteiger partial charge in [-0.3, -0.25) is 4.79 Å². The number of hydrogen-bond acceptors (Lipinski definition) is 5. The molecule has 0 atom stereocenters. The van der Waals surface area contributed by atoms with Gasteiger partial charge >= 0.3 is 0 Å². The maximum absolute atomic E-state index is 12.3. The third kappa shape index (κ3) is 5.55. The molecule has 0 fully saturated rings. The monoisotopic (exact) mass is 443 g/mol. The van der Waals surface area contributed by atoms with E-state index in [1.807, 2.05) is 56.3 Å². The lowest BCUT2D eigenvalue weighted by atomic mass is 10.2. The number of aromatic nitrogens is 2. The molecule has 3 aromatic rings. The molecule has 0 saturated carbocycles. The Morgan fingerprint density at radius 3 is 2.59 bits per heavy atom. The van der Waals surface area contributed by atoms with Crippen LogP contribution in [0, 0.1) is 13.8 Å². The molecule has 138 valence electrons. The van der Waals surface area contributed by atoms with Crippen molar-refractivity contribution in [2.24, 2.45) is 0 Å². The number of nitrogens with zero attached hydrogens (tertiary/aromatic N) is 2. The summed E-state index contributed by atoms with van der Waals surface area (Å²) in [6, 6.07) is 13.4. The van der Waals surface area contributed by atoms with E-state index in [1.54, 1.807) is 12.4 Å². The van der Waals surface area contributed by atoms with Gasteiger partial charge in [0.2, 0.25) is 5.91 Å². The normalized spacial score (nSPS) is 10.5. The van der Waals surface area contributed by atoms with Crippen LogP contribution < -0.4 is 10.1 Å². The van der Waals surface area contributed by atoms with Crippen molar-refractivity contribution in [3.05, 3.63) is 70.5 Å². The molecule has 0 radical (unpaired) electrons. The quantitative estimate of drug-likeness (QED) is 0.518. The minimum atomic E-state index is -0.114. The summed E-state index contributed by atoms with van der Waals surface area (Å²) < 4.78 is 6.79. The van der Waals surface area contributed by atoms with Crippen molar-refractivity contribution in [2.45, 2.75) is 18.9 Å². The van der Waals surface area contributed by atoms with E-state index in [-0.39, 0.29) is 11.7 Å². The highest BCUT2D eigenvalue weighted by Crippen LogP contribution is 2.29. The lowest BCUT2D eigenvalue weighted by Gasteiger charge is -2.10. The first-order valence-corrected chi connectivity index (χ1v) is 10.0. The van der Waals surface area contributed by atoms with Gasteiger partial charge in [-0.15, -0.1) is 0 Å². The summed E-state index contributed by atoms with van der Waals surface area (Å²) in [5, 5.41) is 3.48. The highest BCUT2D eigenvalue weighted by atomic mass is 79.9. The number of hydrogen-bond donors (Lipinski definition) is 1. The molecule has 7 heteroatoms. The van der Waals surface area contributed by atoms with Crippen LogP contribution in [0.4, 0.5) is 5.69 Å². The van der Waals surface area contributed by atoms with Crippen LogP contribution in [-0.4, -0.2) is 21.6 Å². The molecule has 0 aliphatic carbocycles. The summed E-state index contributed by atoms with van der Waals surface area (Å²) in [6.45, 7) is 3.96. The number of amides is 1. The molecule has 27 heavy (non-hydrogen) atoms. The second-order valence-corrected chi connectivity index (χ2v) is 7.76. The number of thioether (sulfide) groups is 1. The predicted molar refractivity (Wildman–Crippen MR) is 112 cm³/mol. The van der Waals surface area contributed by atoms with Crippen LogP contribution in [0.15, 0.2) is 64.4 Å². The maximum Gasteiger partial charge on any atom is 0.252 e. The van der Waals surface area contributed by atoms with Gasteiger partial charge in [-0.2, -0.15) is 0 Å². The van der Waals surface area contributed by atoms with Crippen molar-refractivity contribution in [2.75, 3.05) is 11.1 Å². The largest absolute Gasteiger partial charge is 0.437 e. The molecule has 3 rings (SSSR count). The first kappa shape index (κ1) is 19.4. The van der Waals surface area contributed by atoms with Crippen molar-refractivity contribution in [1.29, 1.82) is 0 Å². The molecule has 1 N–H and O–H groups in total. The fourth-order valence-corrected chi connectivity index (χ4v) is 3.46. The number of halogens is 1. The number of benzene rings is 2. The zero-order valence-electron chi connectivity index (χ0n) is 14.9. The molecule has 0 saturated heterocycles. The second-order valence-electron chi connectivity index (χ2n) is 5.88. The average molecular weight is 444 g/mol. The Labute approximate surface area is 170 Å².